The van der Waals surface area contributed by atoms with Gasteiger partial charge in [0.25, 0.3) is 0 Å². The molecule has 0 radical (unpaired) electrons. The number of methoxy groups -OCH3 is 2. The molecular weight excluding hydrogens is 297 g/mol. The van der Waals surface area contributed by atoms with Crippen LogP contribution in [0.1, 0.15) is 5.56 Å². The number of anilines is 1. The van der Waals surface area contributed by atoms with E-state index in [4.69, 9.17) is 32.7 Å². The lowest BCUT2D eigenvalue weighted by molar-refractivity contribution is 0.404. The number of hydrogen-bond donors (Lipinski definition) is 1. The monoisotopic (exact) mass is 311 g/mol. The van der Waals surface area contributed by atoms with Gasteiger partial charge in [0.2, 0.25) is 0 Å². The molecule has 0 amide bonds. The van der Waals surface area contributed by atoms with Crippen LogP contribution in [-0.4, -0.2) is 14.2 Å². The van der Waals surface area contributed by atoms with Crippen LogP contribution in [0.3, 0.4) is 0 Å². The second-order valence-electron chi connectivity index (χ2n) is 4.13. The van der Waals surface area contributed by atoms with Crippen LogP contribution in [0.5, 0.6) is 11.5 Å². The Balaban J connectivity index is 2.22. The minimum Gasteiger partial charge on any atom is -0.495 e. The van der Waals surface area contributed by atoms with Crippen molar-refractivity contribution in [3.05, 3.63) is 52.0 Å². The van der Waals surface area contributed by atoms with Gasteiger partial charge in [0.15, 0.2) is 0 Å². The Morgan fingerprint density at radius 3 is 2.30 bits per heavy atom. The predicted octanol–water partition coefficient (Wildman–Crippen LogP) is 4.62. The van der Waals surface area contributed by atoms with Gasteiger partial charge >= 0.3 is 0 Å². The standard InChI is InChI=1S/C15H15Cl2NO2/c1-19-14-8-13(15(20-2)7-12(14)17)18-9-10-5-3-4-6-11(10)16/h3-8,18H,9H2,1-2H3. The number of rotatable bonds is 5. The molecule has 0 bridgehead atoms. The first-order chi connectivity index (χ1) is 9.65. The van der Waals surface area contributed by atoms with Crippen molar-refractivity contribution >= 4 is 28.9 Å². The van der Waals surface area contributed by atoms with Crippen LogP contribution in [0.25, 0.3) is 0 Å². The average molecular weight is 312 g/mol. The van der Waals surface area contributed by atoms with E-state index in [0.29, 0.717) is 23.1 Å². The summed E-state index contributed by atoms with van der Waals surface area (Å²) in [5.41, 5.74) is 1.80. The number of halogens is 2. The summed E-state index contributed by atoms with van der Waals surface area (Å²) in [6, 6.07) is 11.2. The smallest absolute Gasteiger partial charge is 0.143 e. The van der Waals surface area contributed by atoms with E-state index in [-0.39, 0.29) is 0 Å². The number of benzene rings is 2. The lowest BCUT2D eigenvalue weighted by atomic mass is 10.2. The lowest BCUT2D eigenvalue weighted by Gasteiger charge is -2.14. The largest absolute Gasteiger partial charge is 0.495 e. The van der Waals surface area contributed by atoms with Gasteiger partial charge < -0.3 is 14.8 Å². The first kappa shape index (κ1) is 14.8. The van der Waals surface area contributed by atoms with Gasteiger partial charge in [-0.25, -0.2) is 0 Å². The van der Waals surface area contributed by atoms with E-state index in [2.05, 4.69) is 5.32 Å². The predicted molar refractivity (Wildman–Crippen MR) is 83.3 cm³/mol. The third-order valence-corrected chi connectivity index (χ3v) is 3.57. The quantitative estimate of drug-likeness (QED) is 0.873. The molecule has 20 heavy (non-hydrogen) atoms. The summed E-state index contributed by atoms with van der Waals surface area (Å²) in [6.45, 7) is 0.584. The fourth-order valence-electron chi connectivity index (χ4n) is 1.83. The third-order valence-electron chi connectivity index (χ3n) is 2.90. The molecule has 1 N–H and O–H groups in total. The van der Waals surface area contributed by atoms with E-state index in [1.54, 1.807) is 26.4 Å². The van der Waals surface area contributed by atoms with Crippen molar-refractivity contribution in [3.63, 3.8) is 0 Å². The summed E-state index contributed by atoms with van der Waals surface area (Å²) in [7, 11) is 3.17. The molecule has 0 aliphatic heterocycles. The highest BCUT2D eigenvalue weighted by atomic mass is 35.5. The van der Waals surface area contributed by atoms with Gasteiger partial charge in [-0.2, -0.15) is 0 Å². The summed E-state index contributed by atoms with van der Waals surface area (Å²) in [6.07, 6.45) is 0. The zero-order chi connectivity index (χ0) is 14.5. The van der Waals surface area contributed by atoms with Crippen LogP contribution in [0.15, 0.2) is 36.4 Å². The normalized spacial score (nSPS) is 10.2. The SMILES string of the molecule is COc1cc(NCc2ccccc2Cl)c(OC)cc1Cl. The molecule has 3 nitrogen and oxygen atoms in total. The molecule has 2 aromatic carbocycles. The van der Waals surface area contributed by atoms with Crippen molar-refractivity contribution in [2.45, 2.75) is 6.54 Å². The van der Waals surface area contributed by atoms with Gasteiger partial charge in [-0.05, 0) is 11.6 Å². The topological polar surface area (TPSA) is 30.5 Å². The molecular formula is C15H15Cl2NO2. The van der Waals surface area contributed by atoms with Gasteiger partial charge in [-0.1, -0.05) is 41.4 Å². The summed E-state index contributed by atoms with van der Waals surface area (Å²) in [5.74, 6) is 1.25. The molecule has 106 valence electrons. The summed E-state index contributed by atoms with van der Waals surface area (Å²) < 4.78 is 10.5. The van der Waals surface area contributed by atoms with Crippen LogP contribution in [-0.2, 0) is 6.54 Å². The molecule has 0 saturated carbocycles. The van der Waals surface area contributed by atoms with Crippen LogP contribution < -0.4 is 14.8 Å². The van der Waals surface area contributed by atoms with Crippen molar-refractivity contribution in [2.75, 3.05) is 19.5 Å². The molecule has 0 aliphatic rings. The molecule has 0 aliphatic carbocycles. The minimum atomic E-state index is 0.507. The number of nitrogens with one attached hydrogen (secondary N) is 1. The Kier molecular flexibility index (Phi) is 4.99. The molecule has 2 aromatic rings. The maximum Gasteiger partial charge on any atom is 0.143 e. The Hall–Kier alpha value is -1.58. The highest BCUT2D eigenvalue weighted by Gasteiger charge is 2.10. The molecule has 0 fully saturated rings. The first-order valence-electron chi connectivity index (χ1n) is 6.04. The maximum absolute atomic E-state index is 6.13. The van der Waals surface area contributed by atoms with Crippen molar-refractivity contribution in [1.82, 2.24) is 0 Å². The van der Waals surface area contributed by atoms with Crippen molar-refractivity contribution in [3.8, 4) is 11.5 Å². The fraction of sp³-hybridized carbons (Fsp3) is 0.200. The minimum absolute atomic E-state index is 0.507. The summed E-state index contributed by atoms with van der Waals surface area (Å²) in [5, 5.41) is 4.50. The molecule has 0 aromatic heterocycles. The van der Waals surface area contributed by atoms with E-state index in [1.807, 2.05) is 24.3 Å². The van der Waals surface area contributed by atoms with E-state index in [0.717, 1.165) is 16.3 Å². The van der Waals surface area contributed by atoms with Crippen LogP contribution in [0.2, 0.25) is 10.0 Å². The highest BCUT2D eigenvalue weighted by molar-refractivity contribution is 6.32. The van der Waals surface area contributed by atoms with Crippen molar-refractivity contribution < 1.29 is 9.47 Å². The third kappa shape index (κ3) is 3.30. The molecule has 0 saturated heterocycles. The number of ether oxygens (including phenoxy) is 2. The second kappa shape index (κ2) is 6.73. The highest BCUT2D eigenvalue weighted by Crippen LogP contribution is 2.36. The zero-order valence-corrected chi connectivity index (χ0v) is 12.8. The van der Waals surface area contributed by atoms with Gasteiger partial charge in [0, 0.05) is 23.7 Å². The maximum atomic E-state index is 6.13. The fourth-order valence-corrected chi connectivity index (χ4v) is 2.26. The van der Waals surface area contributed by atoms with E-state index < -0.39 is 0 Å². The molecule has 2 rings (SSSR count). The van der Waals surface area contributed by atoms with Gasteiger partial charge in [0.1, 0.15) is 11.5 Å². The van der Waals surface area contributed by atoms with Gasteiger partial charge in [0.05, 0.1) is 24.9 Å². The second-order valence-corrected chi connectivity index (χ2v) is 4.95. The van der Waals surface area contributed by atoms with Gasteiger partial charge in [-0.15, -0.1) is 0 Å². The number of hydrogen-bond acceptors (Lipinski definition) is 3. The van der Waals surface area contributed by atoms with Crippen LogP contribution >= 0.6 is 23.2 Å². The molecule has 0 spiro atoms. The Morgan fingerprint density at radius 2 is 1.65 bits per heavy atom. The van der Waals surface area contributed by atoms with Crippen molar-refractivity contribution in [2.24, 2.45) is 0 Å². The summed E-state index contributed by atoms with van der Waals surface area (Å²) >= 11 is 12.2. The zero-order valence-electron chi connectivity index (χ0n) is 11.2. The molecule has 0 unspecified atom stereocenters. The Morgan fingerprint density at radius 1 is 0.950 bits per heavy atom. The summed E-state index contributed by atoms with van der Waals surface area (Å²) in [4.78, 5) is 0. The van der Waals surface area contributed by atoms with Gasteiger partial charge in [-0.3, -0.25) is 0 Å². The van der Waals surface area contributed by atoms with Crippen LogP contribution in [0.4, 0.5) is 5.69 Å². The lowest BCUT2D eigenvalue weighted by Crippen LogP contribution is -2.02. The average Bonchev–Trinajstić information content (AvgIpc) is 2.47. The molecule has 0 atom stereocenters. The Bertz CT molecular complexity index is 602. The first-order valence-corrected chi connectivity index (χ1v) is 6.80. The van der Waals surface area contributed by atoms with E-state index in [1.165, 1.54) is 0 Å². The van der Waals surface area contributed by atoms with E-state index >= 15 is 0 Å². The van der Waals surface area contributed by atoms with Crippen LogP contribution in [0, 0.1) is 0 Å². The molecule has 0 heterocycles. The van der Waals surface area contributed by atoms with E-state index in [9.17, 15) is 0 Å². The van der Waals surface area contributed by atoms with Crippen molar-refractivity contribution in [1.29, 1.82) is 0 Å². The Labute approximate surface area is 128 Å². The molecule has 5 heteroatoms.